The molecule has 0 aliphatic heterocycles. The summed E-state index contributed by atoms with van der Waals surface area (Å²) in [5.74, 6) is 1.37. The Kier molecular flexibility index (Phi) is 8.41. The number of amides is 1. The summed E-state index contributed by atoms with van der Waals surface area (Å²) in [6.45, 7) is 2.21. The fourth-order valence-electron chi connectivity index (χ4n) is 2.71. The first-order chi connectivity index (χ1) is 12.7. The van der Waals surface area contributed by atoms with Crippen molar-refractivity contribution in [1.29, 1.82) is 0 Å². The highest BCUT2D eigenvalue weighted by Crippen LogP contribution is 2.33. The smallest absolute Gasteiger partial charge is 0.226 e. The van der Waals surface area contributed by atoms with Crippen LogP contribution in [0.4, 0.5) is 5.13 Å². The lowest BCUT2D eigenvalue weighted by Crippen LogP contribution is -2.10. The molecule has 26 heavy (non-hydrogen) atoms. The molecule has 5 nitrogen and oxygen atoms in total. The summed E-state index contributed by atoms with van der Waals surface area (Å²) in [5.41, 5.74) is 1.74. The van der Waals surface area contributed by atoms with Gasteiger partial charge in [-0.15, -0.1) is 11.3 Å². The monoisotopic (exact) mass is 376 g/mol. The minimum absolute atomic E-state index is 0.0358. The summed E-state index contributed by atoms with van der Waals surface area (Å²) in [4.78, 5) is 16.6. The maximum absolute atomic E-state index is 12.1. The maximum Gasteiger partial charge on any atom is 0.226 e. The van der Waals surface area contributed by atoms with Gasteiger partial charge in [0.1, 0.15) is 0 Å². The molecule has 0 spiro atoms. The minimum Gasteiger partial charge on any atom is -0.493 e. The molecule has 0 saturated carbocycles. The van der Waals surface area contributed by atoms with Crippen LogP contribution in [0.15, 0.2) is 23.6 Å². The lowest BCUT2D eigenvalue weighted by atomic mass is 10.1. The van der Waals surface area contributed by atoms with Crippen LogP contribution in [0.2, 0.25) is 0 Å². The molecular formula is C20H28N2O3S. The molecule has 0 saturated heterocycles. The summed E-state index contributed by atoms with van der Waals surface area (Å²) < 4.78 is 10.6. The number of nitrogens with one attached hydrogen (secondary N) is 1. The molecule has 1 aromatic carbocycles. The summed E-state index contributed by atoms with van der Waals surface area (Å²) in [6.07, 6.45) is 7.60. The SMILES string of the molecule is CCCCCCCCC(=O)Nc1nc(-c2ccc(OC)c(OC)c2)cs1. The lowest BCUT2D eigenvalue weighted by molar-refractivity contribution is -0.116. The number of hydrogen-bond donors (Lipinski definition) is 1. The molecule has 2 rings (SSSR count). The normalized spacial score (nSPS) is 10.6. The number of benzene rings is 1. The van der Waals surface area contributed by atoms with Crippen LogP contribution in [-0.4, -0.2) is 25.1 Å². The number of carbonyl (C=O) groups is 1. The van der Waals surface area contributed by atoms with Crippen LogP contribution in [0, 0.1) is 0 Å². The predicted octanol–water partition coefficient (Wildman–Crippen LogP) is 5.52. The van der Waals surface area contributed by atoms with E-state index in [4.69, 9.17) is 9.47 Å². The van der Waals surface area contributed by atoms with Gasteiger partial charge in [-0.05, 0) is 24.6 Å². The quantitative estimate of drug-likeness (QED) is 0.525. The zero-order valence-electron chi connectivity index (χ0n) is 15.8. The fraction of sp³-hybridized carbons (Fsp3) is 0.500. The Morgan fingerprint density at radius 1 is 1.08 bits per heavy atom. The molecule has 1 N–H and O–H groups in total. The van der Waals surface area contributed by atoms with E-state index in [1.165, 1.54) is 37.0 Å². The topological polar surface area (TPSA) is 60.5 Å². The van der Waals surface area contributed by atoms with E-state index in [1.54, 1.807) is 14.2 Å². The number of rotatable bonds is 11. The molecule has 0 aliphatic carbocycles. The number of ether oxygens (including phenoxy) is 2. The van der Waals surface area contributed by atoms with Crippen LogP contribution in [0.1, 0.15) is 51.9 Å². The third-order valence-electron chi connectivity index (χ3n) is 4.19. The van der Waals surface area contributed by atoms with E-state index < -0.39 is 0 Å². The number of carbonyl (C=O) groups excluding carboxylic acids is 1. The van der Waals surface area contributed by atoms with Gasteiger partial charge < -0.3 is 14.8 Å². The van der Waals surface area contributed by atoms with Gasteiger partial charge in [-0.2, -0.15) is 0 Å². The van der Waals surface area contributed by atoms with Crippen LogP contribution in [0.5, 0.6) is 11.5 Å². The fourth-order valence-corrected chi connectivity index (χ4v) is 3.44. The van der Waals surface area contributed by atoms with Gasteiger partial charge in [0, 0.05) is 17.4 Å². The van der Waals surface area contributed by atoms with Gasteiger partial charge in [-0.25, -0.2) is 4.98 Å². The lowest BCUT2D eigenvalue weighted by Gasteiger charge is -2.08. The van der Waals surface area contributed by atoms with Crippen molar-refractivity contribution < 1.29 is 14.3 Å². The molecule has 0 unspecified atom stereocenters. The number of anilines is 1. The van der Waals surface area contributed by atoms with Crippen molar-refractivity contribution in [3.63, 3.8) is 0 Å². The Labute approximate surface area is 159 Å². The van der Waals surface area contributed by atoms with Gasteiger partial charge >= 0.3 is 0 Å². The predicted molar refractivity (Wildman–Crippen MR) is 107 cm³/mol. The van der Waals surface area contributed by atoms with Gasteiger partial charge in [-0.3, -0.25) is 4.79 Å². The molecule has 6 heteroatoms. The molecule has 2 aromatic rings. The molecule has 1 heterocycles. The van der Waals surface area contributed by atoms with Crippen molar-refractivity contribution in [3.8, 4) is 22.8 Å². The van der Waals surface area contributed by atoms with Crippen molar-refractivity contribution in [2.45, 2.75) is 51.9 Å². The highest BCUT2D eigenvalue weighted by molar-refractivity contribution is 7.14. The van der Waals surface area contributed by atoms with E-state index >= 15 is 0 Å². The second-order valence-electron chi connectivity index (χ2n) is 6.17. The Morgan fingerprint density at radius 2 is 1.81 bits per heavy atom. The second-order valence-corrected chi connectivity index (χ2v) is 7.03. The van der Waals surface area contributed by atoms with Gasteiger partial charge in [-0.1, -0.05) is 39.0 Å². The Hall–Kier alpha value is -2.08. The van der Waals surface area contributed by atoms with Gasteiger partial charge in [0.05, 0.1) is 19.9 Å². The molecule has 142 valence electrons. The molecular weight excluding hydrogens is 348 g/mol. The van der Waals surface area contributed by atoms with Crippen molar-refractivity contribution >= 4 is 22.4 Å². The van der Waals surface area contributed by atoms with E-state index in [1.807, 2.05) is 23.6 Å². The summed E-state index contributed by atoms with van der Waals surface area (Å²) in [5, 5.41) is 5.46. The van der Waals surface area contributed by atoms with Crippen molar-refractivity contribution in [2.24, 2.45) is 0 Å². The highest BCUT2D eigenvalue weighted by atomic mass is 32.1. The largest absolute Gasteiger partial charge is 0.493 e. The zero-order valence-corrected chi connectivity index (χ0v) is 16.7. The standard InChI is InChI=1S/C20H28N2O3S/c1-4-5-6-7-8-9-10-19(23)22-20-21-16(14-26-20)15-11-12-17(24-2)18(13-15)25-3/h11-14H,4-10H2,1-3H3,(H,21,22,23). The second kappa shape index (κ2) is 10.8. The number of methoxy groups -OCH3 is 2. The van der Waals surface area contributed by atoms with Gasteiger partial charge in [0.2, 0.25) is 5.91 Å². The minimum atomic E-state index is 0.0358. The van der Waals surface area contributed by atoms with E-state index in [0.717, 1.165) is 24.1 Å². The van der Waals surface area contributed by atoms with Crippen LogP contribution in [0.25, 0.3) is 11.3 Å². The van der Waals surface area contributed by atoms with E-state index in [9.17, 15) is 4.79 Å². The average molecular weight is 377 g/mol. The molecule has 1 amide bonds. The molecule has 0 aliphatic rings. The van der Waals surface area contributed by atoms with Crippen molar-refractivity contribution in [2.75, 3.05) is 19.5 Å². The molecule has 0 atom stereocenters. The molecule has 0 fully saturated rings. The number of unbranched alkanes of at least 4 members (excludes halogenated alkanes) is 5. The molecule has 0 radical (unpaired) electrons. The van der Waals surface area contributed by atoms with Crippen LogP contribution < -0.4 is 14.8 Å². The summed E-state index contributed by atoms with van der Waals surface area (Å²) in [7, 11) is 3.22. The number of nitrogens with zero attached hydrogens (tertiary/aromatic N) is 1. The third-order valence-corrected chi connectivity index (χ3v) is 4.94. The summed E-state index contributed by atoms with van der Waals surface area (Å²) in [6, 6.07) is 5.67. The van der Waals surface area contributed by atoms with E-state index in [-0.39, 0.29) is 5.91 Å². The Bertz CT molecular complexity index is 700. The van der Waals surface area contributed by atoms with Crippen LogP contribution in [0.3, 0.4) is 0 Å². The molecule has 1 aromatic heterocycles. The van der Waals surface area contributed by atoms with Crippen LogP contribution in [-0.2, 0) is 4.79 Å². The first kappa shape index (κ1) is 20.2. The third kappa shape index (κ3) is 6.02. The average Bonchev–Trinajstić information content (AvgIpc) is 3.12. The van der Waals surface area contributed by atoms with Gasteiger partial charge in [0.25, 0.3) is 0 Å². The molecule has 0 bridgehead atoms. The maximum atomic E-state index is 12.1. The van der Waals surface area contributed by atoms with Crippen molar-refractivity contribution in [3.05, 3.63) is 23.6 Å². The highest BCUT2D eigenvalue weighted by Gasteiger charge is 2.11. The number of aromatic nitrogens is 1. The van der Waals surface area contributed by atoms with Crippen molar-refractivity contribution in [1.82, 2.24) is 4.98 Å². The number of hydrogen-bond acceptors (Lipinski definition) is 5. The first-order valence-electron chi connectivity index (χ1n) is 9.15. The van der Waals surface area contributed by atoms with E-state index in [2.05, 4.69) is 17.2 Å². The van der Waals surface area contributed by atoms with Gasteiger partial charge in [0.15, 0.2) is 16.6 Å². The summed E-state index contributed by atoms with van der Waals surface area (Å²) >= 11 is 1.43. The Morgan fingerprint density at radius 3 is 2.54 bits per heavy atom. The Balaban J connectivity index is 1.86. The van der Waals surface area contributed by atoms with E-state index in [0.29, 0.717) is 23.1 Å². The first-order valence-corrected chi connectivity index (χ1v) is 10.0. The number of thiazole rings is 1. The zero-order chi connectivity index (χ0) is 18.8. The van der Waals surface area contributed by atoms with Crippen LogP contribution >= 0.6 is 11.3 Å².